The highest BCUT2D eigenvalue weighted by molar-refractivity contribution is 5.38. The molecule has 110 valence electrons. The van der Waals surface area contributed by atoms with Crippen molar-refractivity contribution in [1.29, 1.82) is 0 Å². The van der Waals surface area contributed by atoms with Crippen LogP contribution in [0.1, 0.15) is 35.4 Å². The molecule has 0 aromatic heterocycles. The maximum Gasteiger partial charge on any atom is 0.122 e. The van der Waals surface area contributed by atoms with Crippen LogP contribution in [0.25, 0.3) is 0 Å². The molecular weight excluding hydrogens is 258 g/mol. The number of ether oxygens (including phenoxy) is 1. The van der Waals surface area contributed by atoms with E-state index in [1.165, 1.54) is 29.5 Å². The first kappa shape index (κ1) is 14.2. The molecule has 1 atom stereocenters. The van der Waals surface area contributed by atoms with Gasteiger partial charge in [-0.25, -0.2) is 0 Å². The highest BCUT2D eigenvalue weighted by Crippen LogP contribution is 2.28. The van der Waals surface area contributed by atoms with E-state index in [9.17, 15) is 0 Å². The highest BCUT2D eigenvalue weighted by atomic mass is 16.5. The Balaban J connectivity index is 1.66. The Bertz CT molecular complexity index is 573. The first-order valence-corrected chi connectivity index (χ1v) is 7.81. The van der Waals surface area contributed by atoms with Crippen molar-refractivity contribution in [3.63, 3.8) is 0 Å². The molecule has 0 saturated carbocycles. The minimum Gasteiger partial charge on any atom is -0.489 e. The van der Waals surface area contributed by atoms with Crippen molar-refractivity contribution in [3.05, 3.63) is 65.2 Å². The van der Waals surface area contributed by atoms with Gasteiger partial charge in [0, 0.05) is 6.54 Å². The van der Waals surface area contributed by atoms with Gasteiger partial charge in [0.05, 0.1) is 0 Å². The minimum atomic E-state index is 0.631. The third kappa shape index (κ3) is 3.64. The molecule has 1 heterocycles. The zero-order valence-electron chi connectivity index (χ0n) is 12.6. The molecule has 2 aromatic carbocycles. The number of hydrogen-bond donors (Lipinski definition) is 1. The number of aryl methyl sites for hydroxylation is 1. The van der Waals surface area contributed by atoms with Crippen molar-refractivity contribution in [2.24, 2.45) is 0 Å². The van der Waals surface area contributed by atoms with Gasteiger partial charge in [-0.3, -0.25) is 0 Å². The van der Waals surface area contributed by atoms with E-state index in [0.717, 1.165) is 18.8 Å². The van der Waals surface area contributed by atoms with Crippen molar-refractivity contribution in [2.75, 3.05) is 13.1 Å². The van der Waals surface area contributed by atoms with Crippen LogP contribution in [0.15, 0.2) is 48.5 Å². The fourth-order valence-corrected chi connectivity index (χ4v) is 2.96. The van der Waals surface area contributed by atoms with E-state index >= 15 is 0 Å². The Labute approximate surface area is 127 Å². The molecular formula is C19H23NO. The normalized spacial score (nSPS) is 18.4. The Morgan fingerprint density at radius 1 is 1.14 bits per heavy atom. The number of nitrogens with one attached hydrogen (secondary N) is 1. The smallest absolute Gasteiger partial charge is 0.122 e. The van der Waals surface area contributed by atoms with Gasteiger partial charge in [-0.1, -0.05) is 42.5 Å². The van der Waals surface area contributed by atoms with Crippen molar-refractivity contribution >= 4 is 0 Å². The second kappa shape index (κ2) is 6.77. The van der Waals surface area contributed by atoms with Gasteiger partial charge in [-0.2, -0.15) is 0 Å². The summed E-state index contributed by atoms with van der Waals surface area (Å²) in [6.07, 6.45) is 2.56. The van der Waals surface area contributed by atoms with Gasteiger partial charge in [-0.05, 0) is 55.0 Å². The lowest BCUT2D eigenvalue weighted by atomic mass is 9.91. The van der Waals surface area contributed by atoms with Crippen LogP contribution in [0.5, 0.6) is 5.75 Å². The van der Waals surface area contributed by atoms with Gasteiger partial charge in [0.15, 0.2) is 0 Å². The Kier molecular flexibility index (Phi) is 4.56. The van der Waals surface area contributed by atoms with Crippen LogP contribution in [-0.4, -0.2) is 13.1 Å². The van der Waals surface area contributed by atoms with Crippen LogP contribution in [-0.2, 0) is 6.61 Å². The molecule has 1 unspecified atom stereocenters. The average Bonchev–Trinajstić information content (AvgIpc) is 2.55. The summed E-state index contributed by atoms with van der Waals surface area (Å²) in [5.41, 5.74) is 3.87. The summed E-state index contributed by atoms with van der Waals surface area (Å²) in [4.78, 5) is 0. The molecule has 0 radical (unpaired) electrons. The number of rotatable bonds is 4. The molecule has 2 nitrogen and oxygen atoms in total. The molecule has 0 spiro atoms. The SMILES string of the molecule is Cc1cc(C2CCCNC2)ccc1OCc1ccccc1. The fraction of sp³-hybridized carbons (Fsp3) is 0.368. The third-order valence-electron chi connectivity index (χ3n) is 4.20. The van der Waals surface area contributed by atoms with Crippen LogP contribution in [0.2, 0.25) is 0 Å². The number of hydrogen-bond acceptors (Lipinski definition) is 2. The molecule has 1 fully saturated rings. The van der Waals surface area contributed by atoms with Gasteiger partial charge < -0.3 is 10.1 Å². The molecule has 21 heavy (non-hydrogen) atoms. The monoisotopic (exact) mass is 281 g/mol. The fourth-order valence-electron chi connectivity index (χ4n) is 2.96. The standard InChI is InChI=1S/C19H23NO/c1-15-12-17(18-8-5-11-20-13-18)9-10-19(15)21-14-16-6-3-2-4-7-16/h2-4,6-7,9-10,12,18,20H,5,8,11,13-14H2,1H3. The zero-order chi connectivity index (χ0) is 14.5. The predicted molar refractivity (Wildman–Crippen MR) is 86.8 cm³/mol. The summed E-state index contributed by atoms with van der Waals surface area (Å²) in [7, 11) is 0. The summed E-state index contributed by atoms with van der Waals surface area (Å²) < 4.78 is 5.95. The quantitative estimate of drug-likeness (QED) is 0.913. The zero-order valence-corrected chi connectivity index (χ0v) is 12.6. The van der Waals surface area contributed by atoms with Gasteiger partial charge in [0.25, 0.3) is 0 Å². The highest BCUT2D eigenvalue weighted by Gasteiger charge is 2.15. The topological polar surface area (TPSA) is 21.3 Å². The van der Waals surface area contributed by atoms with Gasteiger partial charge in [0.1, 0.15) is 12.4 Å². The molecule has 1 N–H and O–H groups in total. The molecule has 0 aliphatic carbocycles. The summed E-state index contributed by atoms with van der Waals surface area (Å²) in [6, 6.07) is 17.0. The van der Waals surface area contributed by atoms with Crippen molar-refractivity contribution in [3.8, 4) is 5.75 Å². The lowest BCUT2D eigenvalue weighted by Crippen LogP contribution is -2.28. The Hall–Kier alpha value is -1.80. The molecule has 1 saturated heterocycles. The lowest BCUT2D eigenvalue weighted by Gasteiger charge is -2.23. The first-order chi connectivity index (χ1) is 10.3. The van der Waals surface area contributed by atoms with E-state index in [0.29, 0.717) is 12.5 Å². The van der Waals surface area contributed by atoms with Crippen LogP contribution >= 0.6 is 0 Å². The van der Waals surface area contributed by atoms with Gasteiger partial charge in [0.2, 0.25) is 0 Å². The minimum absolute atomic E-state index is 0.631. The summed E-state index contributed by atoms with van der Waals surface area (Å²) >= 11 is 0. The summed E-state index contributed by atoms with van der Waals surface area (Å²) in [6.45, 7) is 5.03. The van der Waals surface area contributed by atoms with E-state index in [1.807, 2.05) is 18.2 Å². The summed E-state index contributed by atoms with van der Waals surface area (Å²) in [5.74, 6) is 1.65. The van der Waals surface area contributed by atoms with Crippen molar-refractivity contribution < 1.29 is 4.74 Å². The first-order valence-electron chi connectivity index (χ1n) is 7.81. The van der Waals surface area contributed by atoms with Crippen LogP contribution in [0, 0.1) is 6.92 Å². The van der Waals surface area contributed by atoms with Gasteiger partial charge >= 0.3 is 0 Å². The second-order valence-electron chi connectivity index (χ2n) is 5.84. The predicted octanol–water partition coefficient (Wildman–Crippen LogP) is 4.04. The lowest BCUT2D eigenvalue weighted by molar-refractivity contribution is 0.304. The van der Waals surface area contributed by atoms with Gasteiger partial charge in [-0.15, -0.1) is 0 Å². The van der Waals surface area contributed by atoms with Crippen molar-refractivity contribution in [1.82, 2.24) is 5.32 Å². The van der Waals surface area contributed by atoms with Crippen LogP contribution in [0.3, 0.4) is 0 Å². The molecule has 2 heteroatoms. The molecule has 2 aromatic rings. The van der Waals surface area contributed by atoms with Crippen LogP contribution in [0.4, 0.5) is 0 Å². The van der Waals surface area contributed by atoms with E-state index in [-0.39, 0.29) is 0 Å². The van der Waals surface area contributed by atoms with E-state index < -0.39 is 0 Å². The maximum atomic E-state index is 5.95. The van der Waals surface area contributed by atoms with E-state index in [2.05, 4.69) is 42.6 Å². The van der Waals surface area contributed by atoms with E-state index in [4.69, 9.17) is 4.74 Å². The molecule has 0 bridgehead atoms. The second-order valence-corrected chi connectivity index (χ2v) is 5.84. The maximum absolute atomic E-state index is 5.95. The summed E-state index contributed by atoms with van der Waals surface area (Å²) in [5, 5.41) is 3.48. The van der Waals surface area contributed by atoms with Crippen molar-refractivity contribution in [2.45, 2.75) is 32.3 Å². The Morgan fingerprint density at radius 3 is 2.71 bits per heavy atom. The number of piperidine rings is 1. The molecule has 1 aliphatic heterocycles. The van der Waals surface area contributed by atoms with Crippen LogP contribution < -0.4 is 10.1 Å². The third-order valence-corrected chi connectivity index (χ3v) is 4.20. The molecule has 3 rings (SSSR count). The molecule has 1 aliphatic rings. The number of benzene rings is 2. The average molecular weight is 281 g/mol. The Morgan fingerprint density at radius 2 is 2.00 bits per heavy atom. The molecule has 0 amide bonds. The largest absolute Gasteiger partial charge is 0.489 e. The van der Waals surface area contributed by atoms with E-state index in [1.54, 1.807) is 0 Å².